The van der Waals surface area contributed by atoms with Crippen molar-refractivity contribution in [3.05, 3.63) is 44.1 Å². The molecule has 0 saturated heterocycles. The number of fused-ring (bicyclic) bond motifs is 2. The number of hydrogen-bond donors (Lipinski definition) is 1. The monoisotopic (exact) mass is 334 g/mol. The van der Waals surface area contributed by atoms with Crippen LogP contribution in [-0.4, -0.2) is 19.5 Å². The Kier molecular flexibility index (Phi) is 4.27. The Labute approximate surface area is 142 Å². The molecular formula is C17H14N6O2. The van der Waals surface area contributed by atoms with E-state index in [-0.39, 0.29) is 22.6 Å². The lowest BCUT2D eigenvalue weighted by molar-refractivity contribution is 0.608. The normalized spacial score (nSPS) is 10.7. The van der Waals surface area contributed by atoms with Crippen LogP contribution < -0.4 is 11.2 Å². The molecule has 0 fully saturated rings. The summed E-state index contributed by atoms with van der Waals surface area (Å²) < 4.78 is 1.73. The summed E-state index contributed by atoms with van der Waals surface area (Å²) in [7, 11) is 0. The molecule has 0 amide bonds. The molecule has 0 saturated carbocycles. The quantitative estimate of drug-likeness (QED) is 0.569. The first kappa shape index (κ1) is 16.3. The minimum Gasteiger partial charge on any atom is -0.322 e. The molecule has 0 aliphatic carbocycles. The van der Waals surface area contributed by atoms with Gasteiger partial charge in [-0.1, -0.05) is 19.8 Å². The van der Waals surface area contributed by atoms with E-state index in [1.54, 1.807) is 10.6 Å². The van der Waals surface area contributed by atoms with Crippen LogP contribution >= 0.6 is 0 Å². The van der Waals surface area contributed by atoms with Crippen LogP contribution in [-0.2, 0) is 6.54 Å². The molecular weight excluding hydrogens is 320 g/mol. The zero-order chi connectivity index (χ0) is 18.0. The number of benzene rings is 1. The molecule has 124 valence electrons. The maximum atomic E-state index is 12.1. The lowest BCUT2D eigenvalue weighted by atomic mass is 10.1. The molecule has 1 N–H and O–H groups in total. The van der Waals surface area contributed by atoms with E-state index < -0.39 is 11.2 Å². The topological polar surface area (TPSA) is 128 Å². The number of aryl methyl sites for hydroxylation is 1. The standard InChI is InChI=1S/C17H14N6O2/c1-2-3-4-5-23-13-7-11(9-19)10(8-18)6-12(13)20-14-15(23)21-17(25)22-16(14)24/h6-7H,2-5H2,1H3,(H,22,24,25). The maximum absolute atomic E-state index is 12.1. The number of nitriles is 2. The highest BCUT2D eigenvalue weighted by molar-refractivity contribution is 5.82. The molecule has 25 heavy (non-hydrogen) atoms. The molecule has 3 rings (SSSR count). The van der Waals surface area contributed by atoms with E-state index in [0.717, 1.165) is 19.3 Å². The number of nitrogens with one attached hydrogen (secondary N) is 1. The third-order valence-corrected chi connectivity index (χ3v) is 3.97. The number of H-pyrrole nitrogens is 1. The van der Waals surface area contributed by atoms with Crippen molar-refractivity contribution in [3.63, 3.8) is 0 Å². The number of rotatable bonds is 4. The van der Waals surface area contributed by atoms with Crippen molar-refractivity contribution in [3.8, 4) is 23.7 Å². The second kappa shape index (κ2) is 6.54. The maximum Gasteiger partial charge on any atom is 0.349 e. The number of aromatic nitrogens is 4. The predicted octanol–water partition coefficient (Wildman–Crippen LogP) is 1.52. The smallest absolute Gasteiger partial charge is 0.322 e. The van der Waals surface area contributed by atoms with E-state index in [1.165, 1.54) is 6.07 Å². The zero-order valence-corrected chi connectivity index (χ0v) is 13.5. The van der Waals surface area contributed by atoms with Crippen molar-refractivity contribution in [2.75, 3.05) is 0 Å². The van der Waals surface area contributed by atoms with Crippen LogP contribution in [0.15, 0.2) is 21.7 Å². The van der Waals surface area contributed by atoms with Crippen molar-refractivity contribution in [1.29, 1.82) is 10.5 Å². The summed E-state index contributed by atoms with van der Waals surface area (Å²) in [6, 6.07) is 6.98. The molecule has 2 aliphatic heterocycles. The average Bonchev–Trinajstić information content (AvgIpc) is 2.60. The summed E-state index contributed by atoms with van der Waals surface area (Å²) in [5.41, 5.74) is 0.0553. The van der Waals surface area contributed by atoms with Crippen LogP contribution in [0.5, 0.6) is 0 Å². The Morgan fingerprint density at radius 3 is 2.52 bits per heavy atom. The van der Waals surface area contributed by atoms with Gasteiger partial charge in [0, 0.05) is 6.54 Å². The van der Waals surface area contributed by atoms with Crippen LogP contribution in [0.2, 0.25) is 0 Å². The van der Waals surface area contributed by atoms with Crippen LogP contribution in [0.3, 0.4) is 0 Å². The van der Waals surface area contributed by atoms with Gasteiger partial charge in [-0.3, -0.25) is 9.78 Å². The fourth-order valence-electron chi connectivity index (χ4n) is 2.77. The first-order chi connectivity index (χ1) is 12.1. The first-order valence-corrected chi connectivity index (χ1v) is 7.88. The highest BCUT2D eigenvalue weighted by atomic mass is 16.2. The molecule has 8 nitrogen and oxygen atoms in total. The van der Waals surface area contributed by atoms with Crippen molar-refractivity contribution in [2.45, 2.75) is 32.7 Å². The molecule has 0 radical (unpaired) electrons. The van der Waals surface area contributed by atoms with Crippen molar-refractivity contribution >= 4 is 11.0 Å². The Morgan fingerprint density at radius 2 is 1.84 bits per heavy atom. The van der Waals surface area contributed by atoms with E-state index in [4.69, 9.17) is 0 Å². The van der Waals surface area contributed by atoms with Gasteiger partial charge in [0.25, 0.3) is 5.56 Å². The molecule has 0 atom stereocenters. The number of unbranched alkanes of at least 4 members (excludes halogenated alkanes) is 2. The number of hydrogen-bond acceptors (Lipinski definition) is 6. The summed E-state index contributed by atoms with van der Waals surface area (Å²) in [6.45, 7) is 2.59. The molecule has 0 unspecified atom stereocenters. The van der Waals surface area contributed by atoms with Gasteiger partial charge in [-0.2, -0.15) is 15.5 Å². The molecule has 2 aliphatic rings. The fourth-order valence-corrected chi connectivity index (χ4v) is 2.77. The van der Waals surface area contributed by atoms with E-state index in [2.05, 4.69) is 21.9 Å². The number of aromatic amines is 1. The lowest BCUT2D eigenvalue weighted by Crippen LogP contribution is -2.29. The van der Waals surface area contributed by atoms with E-state index in [0.29, 0.717) is 17.6 Å². The second-order valence-corrected chi connectivity index (χ2v) is 5.62. The Hall–Kier alpha value is -3.52. The summed E-state index contributed by atoms with van der Waals surface area (Å²) >= 11 is 0. The highest BCUT2D eigenvalue weighted by Gasteiger charge is 2.19. The minimum atomic E-state index is -0.739. The van der Waals surface area contributed by atoms with Crippen LogP contribution in [0.4, 0.5) is 0 Å². The number of nitrogens with zero attached hydrogens (tertiary/aromatic N) is 5. The first-order valence-electron chi connectivity index (χ1n) is 7.88. The van der Waals surface area contributed by atoms with E-state index >= 15 is 0 Å². The van der Waals surface area contributed by atoms with Crippen molar-refractivity contribution in [1.82, 2.24) is 19.5 Å². The Balaban J connectivity index is 2.42. The summed E-state index contributed by atoms with van der Waals surface area (Å²) in [5, 5.41) is 18.5. The second-order valence-electron chi connectivity index (χ2n) is 5.62. The van der Waals surface area contributed by atoms with Gasteiger partial charge in [0.15, 0.2) is 11.5 Å². The lowest BCUT2D eigenvalue weighted by Gasteiger charge is -2.17. The highest BCUT2D eigenvalue weighted by Crippen LogP contribution is 2.24. The van der Waals surface area contributed by atoms with Crippen LogP contribution in [0.25, 0.3) is 22.6 Å². The minimum absolute atomic E-state index is 0.0391. The molecule has 0 bridgehead atoms. The SMILES string of the molecule is CCCCCn1c2nc(=O)[nH]c(=O)c-2nc2cc(C#N)c(C#N)cc21. The molecule has 1 aromatic carbocycles. The molecule has 0 spiro atoms. The van der Waals surface area contributed by atoms with Gasteiger partial charge in [0.2, 0.25) is 0 Å². The van der Waals surface area contributed by atoms with Gasteiger partial charge < -0.3 is 4.57 Å². The Bertz CT molecular complexity index is 1130. The molecule has 8 heteroatoms. The fraction of sp³-hybridized carbons (Fsp3) is 0.294. The largest absolute Gasteiger partial charge is 0.349 e. The predicted molar refractivity (Wildman–Crippen MR) is 90.0 cm³/mol. The van der Waals surface area contributed by atoms with Gasteiger partial charge in [0.05, 0.1) is 22.2 Å². The summed E-state index contributed by atoms with van der Waals surface area (Å²) in [4.78, 5) is 34.0. The van der Waals surface area contributed by atoms with Crippen LogP contribution in [0.1, 0.15) is 37.3 Å². The Morgan fingerprint density at radius 1 is 1.12 bits per heavy atom. The summed E-state index contributed by atoms with van der Waals surface area (Å²) in [6.07, 6.45) is 2.79. The van der Waals surface area contributed by atoms with Crippen molar-refractivity contribution < 1.29 is 0 Å². The van der Waals surface area contributed by atoms with Gasteiger partial charge in [-0.25, -0.2) is 9.78 Å². The van der Waals surface area contributed by atoms with Crippen LogP contribution in [0, 0.1) is 22.7 Å². The third-order valence-electron chi connectivity index (χ3n) is 3.97. The third kappa shape index (κ3) is 2.86. The van der Waals surface area contributed by atoms with E-state index in [9.17, 15) is 20.1 Å². The summed E-state index contributed by atoms with van der Waals surface area (Å²) in [5.74, 6) is 0.186. The van der Waals surface area contributed by atoms with Gasteiger partial charge in [0.1, 0.15) is 12.1 Å². The van der Waals surface area contributed by atoms with Gasteiger partial charge in [-0.05, 0) is 18.6 Å². The molecule has 0 aromatic heterocycles. The zero-order valence-electron chi connectivity index (χ0n) is 13.5. The van der Waals surface area contributed by atoms with E-state index in [1.807, 2.05) is 12.1 Å². The van der Waals surface area contributed by atoms with Gasteiger partial charge in [-0.15, -0.1) is 0 Å². The van der Waals surface area contributed by atoms with Crippen molar-refractivity contribution in [2.24, 2.45) is 0 Å². The average molecular weight is 334 g/mol. The molecule has 1 aromatic rings. The van der Waals surface area contributed by atoms with Gasteiger partial charge >= 0.3 is 5.69 Å². The molecule has 2 heterocycles.